The molecule has 114 valence electrons. The van der Waals surface area contributed by atoms with Crippen molar-refractivity contribution in [2.24, 2.45) is 0 Å². The van der Waals surface area contributed by atoms with E-state index >= 15 is 0 Å². The van der Waals surface area contributed by atoms with Gasteiger partial charge in [0.1, 0.15) is 6.33 Å². The zero-order valence-corrected chi connectivity index (χ0v) is 13.2. The minimum absolute atomic E-state index is 0.0808. The minimum atomic E-state index is -0.0808. The first-order valence-corrected chi connectivity index (χ1v) is 7.45. The molecule has 23 heavy (non-hydrogen) atoms. The van der Waals surface area contributed by atoms with Crippen molar-refractivity contribution in [3.8, 4) is 0 Å². The lowest BCUT2D eigenvalue weighted by atomic mass is 9.99. The molecule has 0 amide bonds. The van der Waals surface area contributed by atoms with Crippen LogP contribution in [0.2, 0.25) is 5.02 Å². The molecule has 0 atom stereocenters. The van der Waals surface area contributed by atoms with E-state index in [1.165, 1.54) is 6.33 Å². The van der Waals surface area contributed by atoms with Gasteiger partial charge in [-0.1, -0.05) is 35.9 Å². The van der Waals surface area contributed by atoms with E-state index in [-0.39, 0.29) is 5.78 Å². The van der Waals surface area contributed by atoms with Gasteiger partial charge in [-0.25, -0.2) is 9.97 Å². The van der Waals surface area contributed by atoms with E-state index in [9.17, 15) is 4.79 Å². The summed E-state index contributed by atoms with van der Waals surface area (Å²) in [5.74, 6) is -0.0808. The van der Waals surface area contributed by atoms with Gasteiger partial charge in [-0.05, 0) is 30.7 Å². The van der Waals surface area contributed by atoms with E-state index in [4.69, 9.17) is 11.6 Å². The fourth-order valence-electron chi connectivity index (χ4n) is 2.28. The van der Waals surface area contributed by atoms with Crippen LogP contribution in [0.15, 0.2) is 61.2 Å². The largest absolute Gasteiger partial charge is 0.353 e. The van der Waals surface area contributed by atoms with Crippen LogP contribution in [-0.2, 0) is 0 Å². The number of nitrogens with zero attached hydrogens (tertiary/aromatic N) is 2. The van der Waals surface area contributed by atoms with Crippen molar-refractivity contribution in [3.63, 3.8) is 0 Å². The molecule has 0 saturated heterocycles. The van der Waals surface area contributed by atoms with E-state index in [1.807, 2.05) is 37.3 Å². The summed E-state index contributed by atoms with van der Waals surface area (Å²) in [4.78, 5) is 20.5. The lowest BCUT2D eigenvalue weighted by Gasteiger charge is -2.10. The fourth-order valence-corrected chi connectivity index (χ4v) is 2.55. The standard InChI is InChI=1S/C18H14ClN3O/c1-12-4-2-3-5-15(12)18(23)16-7-6-13(8-17(16)19)22-14-9-20-11-21-10-14/h2-11,22H,1H3. The maximum Gasteiger partial charge on any atom is 0.194 e. The maximum absolute atomic E-state index is 12.6. The Balaban J connectivity index is 1.88. The van der Waals surface area contributed by atoms with Crippen LogP contribution in [0, 0.1) is 6.92 Å². The molecule has 5 heteroatoms. The average molecular weight is 324 g/mol. The molecule has 0 aliphatic carbocycles. The van der Waals surface area contributed by atoms with Gasteiger partial charge < -0.3 is 5.32 Å². The Bertz CT molecular complexity index is 850. The second kappa shape index (κ2) is 6.58. The number of carbonyl (C=O) groups excluding carboxylic acids is 1. The molecule has 0 aliphatic heterocycles. The first kappa shape index (κ1) is 15.2. The molecule has 3 rings (SSSR count). The summed E-state index contributed by atoms with van der Waals surface area (Å²) >= 11 is 6.30. The molecule has 0 aliphatic rings. The highest BCUT2D eigenvalue weighted by Gasteiger charge is 2.15. The van der Waals surface area contributed by atoms with E-state index in [0.29, 0.717) is 16.1 Å². The first-order valence-electron chi connectivity index (χ1n) is 7.07. The topological polar surface area (TPSA) is 54.9 Å². The number of carbonyl (C=O) groups is 1. The highest BCUT2D eigenvalue weighted by molar-refractivity contribution is 6.35. The number of hydrogen-bond acceptors (Lipinski definition) is 4. The quantitative estimate of drug-likeness (QED) is 0.722. The Morgan fingerprint density at radius 3 is 2.43 bits per heavy atom. The number of hydrogen-bond donors (Lipinski definition) is 1. The smallest absolute Gasteiger partial charge is 0.194 e. The van der Waals surface area contributed by atoms with Gasteiger partial charge in [-0.3, -0.25) is 4.79 Å². The third kappa shape index (κ3) is 3.38. The van der Waals surface area contributed by atoms with E-state index in [0.717, 1.165) is 16.9 Å². The Morgan fingerprint density at radius 1 is 1.00 bits per heavy atom. The third-order valence-electron chi connectivity index (χ3n) is 3.45. The Hall–Kier alpha value is -2.72. The molecule has 1 aromatic heterocycles. The average Bonchev–Trinajstić information content (AvgIpc) is 2.56. The second-order valence-electron chi connectivity index (χ2n) is 5.09. The molecule has 1 heterocycles. The van der Waals surface area contributed by atoms with Gasteiger partial charge in [-0.15, -0.1) is 0 Å². The van der Waals surface area contributed by atoms with Crippen LogP contribution in [0.3, 0.4) is 0 Å². The second-order valence-corrected chi connectivity index (χ2v) is 5.50. The van der Waals surface area contributed by atoms with Crippen LogP contribution in [0.25, 0.3) is 0 Å². The number of rotatable bonds is 4. The normalized spacial score (nSPS) is 10.3. The lowest BCUT2D eigenvalue weighted by molar-refractivity contribution is 0.103. The summed E-state index contributed by atoms with van der Waals surface area (Å²) in [6, 6.07) is 12.7. The summed E-state index contributed by atoms with van der Waals surface area (Å²) in [6.07, 6.45) is 4.78. The van der Waals surface area contributed by atoms with Crippen LogP contribution >= 0.6 is 11.6 Å². The fraction of sp³-hybridized carbons (Fsp3) is 0.0556. The monoisotopic (exact) mass is 323 g/mol. The highest BCUT2D eigenvalue weighted by atomic mass is 35.5. The molecule has 0 spiro atoms. The summed E-state index contributed by atoms with van der Waals surface area (Å²) in [7, 11) is 0. The molecule has 3 aromatic rings. The molecule has 0 fully saturated rings. The molecule has 4 nitrogen and oxygen atoms in total. The van der Waals surface area contributed by atoms with Gasteiger partial charge in [0.05, 0.1) is 23.1 Å². The van der Waals surface area contributed by atoms with Gasteiger partial charge in [0, 0.05) is 16.8 Å². The molecule has 0 saturated carbocycles. The van der Waals surface area contributed by atoms with Crippen LogP contribution in [-0.4, -0.2) is 15.8 Å². The molecular formula is C18H14ClN3O. The summed E-state index contributed by atoms with van der Waals surface area (Å²) in [5.41, 5.74) is 3.59. The van der Waals surface area contributed by atoms with Crippen LogP contribution in [0.4, 0.5) is 11.4 Å². The van der Waals surface area contributed by atoms with E-state index in [2.05, 4.69) is 15.3 Å². The van der Waals surface area contributed by atoms with Crippen LogP contribution in [0.1, 0.15) is 21.5 Å². The zero-order chi connectivity index (χ0) is 16.2. The minimum Gasteiger partial charge on any atom is -0.353 e. The Morgan fingerprint density at radius 2 is 1.74 bits per heavy atom. The van der Waals surface area contributed by atoms with Gasteiger partial charge in [-0.2, -0.15) is 0 Å². The zero-order valence-electron chi connectivity index (χ0n) is 12.5. The van der Waals surface area contributed by atoms with E-state index < -0.39 is 0 Å². The molecule has 0 bridgehead atoms. The predicted molar refractivity (Wildman–Crippen MR) is 91.4 cm³/mol. The number of halogens is 1. The maximum atomic E-state index is 12.6. The highest BCUT2D eigenvalue weighted by Crippen LogP contribution is 2.26. The van der Waals surface area contributed by atoms with Crippen molar-refractivity contribution >= 4 is 28.8 Å². The Labute approximate surface area is 139 Å². The first-order chi connectivity index (χ1) is 11.1. The van der Waals surface area contributed by atoms with Gasteiger partial charge in [0.15, 0.2) is 5.78 Å². The van der Waals surface area contributed by atoms with Crippen molar-refractivity contribution in [3.05, 3.63) is 82.9 Å². The molecule has 0 radical (unpaired) electrons. The molecular weight excluding hydrogens is 310 g/mol. The Kier molecular flexibility index (Phi) is 4.35. The van der Waals surface area contributed by atoms with Crippen molar-refractivity contribution in [1.82, 2.24) is 9.97 Å². The third-order valence-corrected chi connectivity index (χ3v) is 3.77. The van der Waals surface area contributed by atoms with Crippen molar-refractivity contribution in [1.29, 1.82) is 0 Å². The number of anilines is 2. The summed E-state index contributed by atoms with van der Waals surface area (Å²) in [6.45, 7) is 1.91. The number of benzene rings is 2. The van der Waals surface area contributed by atoms with Crippen molar-refractivity contribution < 1.29 is 4.79 Å². The summed E-state index contributed by atoms with van der Waals surface area (Å²) in [5, 5.41) is 3.54. The van der Waals surface area contributed by atoms with Crippen molar-refractivity contribution in [2.45, 2.75) is 6.92 Å². The van der Waals surface area contributed by atoms with E-state index in [1.54, 1.807) is 24.5 Å². The predicted octanol–water partition coefficient (Wildman–Crippen LogP) is 4.41. The SMILES string of the molecule is Cc1ccccc1C(=O)c1ccc(Nc2cncnc2)cc1Cl. The molecule has 0 unspecified atom stereocenters. The number of nitrogens with one attached hydrogen (secondary N) is 1. The summed E-state index contributed by atoms with van der Waals surface area (Å²) < 4.78 is 0. The van der Waals surface area contributed by atoms with Gasteiger partial charge >= 0.3 is 0 Å². The number of aryl methyl sites for hydroxylation is 1. The van der Waals surface area contributed by atoms with Crippen LogP contribution in [0.5, 0.6) is 0 Å². The van der Waals surface area contributed by atoms with Gasteiger partial charge in [0.2, 0.25) is 0 Å². The number of ketones is 1. The lowest BCUT2D eigenvalue weighted by Crippen LogP contribution is -2.04. The van der Waals surface area contributed by atoms with Crippen LogP contribution < -0.4 is 5.32 Å². The number of aromatic nitrogens is 2. The molecule has 2 aromatic carbocycles. The van der Waals surface area contributed by atoms with Gasteiger partial charge in [0.25, 0.3) is 0 Å². The van der Waals surface area contributed by atoms with Crippen molar-refractivity contribution in [2.75, 3.05) is 5.32 Å². The molecule has 1 N–H and O–H groups in total.